The molecular formula is C20H24IN5O. The van der Waals surface area contributed by atoms with E-state index in [9.17, 15) is 4.79 Å². The summed E-state index contributed by atoms with van der Waals surface area (Å²) < 4.78 is 1.09. The molecule has 27 heavy (non-hydrogen) atoms. The second kappa shape index (κ2) is 8.41. The number of nitrogens with zero attached hydrogens (tertiary/aromatic N) is 5. The molecule has 2 aliphatic rings. The van der Waals surface area contributed by atoms with E-state index in [1.54, 1.807) is 0 Å². The molecule has 0 atom stereocenters. The number of hydrogen-bond acceptors (Lipinski definition) is 5. The van der Waals surface area contributed by atoms with Crippen LogP contribution in [0, 0.1) is 3.57 Å². The normalized spacial score (nSPS) is 17.9. The molecule has 0 bridgehead atoms. The van der Waals surface area contributed by atoms with E-state index >= 15 is 0 Å². The van der Waals surface area contributed by atoms with Crippen molar-refractivity contribution in [2.24, 2.45) is 0 Å². The number of rotatable bonds is 3. The molecule has 2 fully saturated rings. The number of aromatic nitrogens is 2. The van der Waals surface area contributed by atoms with Crippen LogP contribution in [-0.4, -0.2) is 60.0 Å². The van der Waals surface area contributed by atoms with E-state index in [0.29, 0.717) is 13.1 Å². The van der Waals surface area contributed by atoms with Crippen molar-refractivity contribution in [3.05, 3.63) is 45.7 Å². The molecule has 0 spiro atoms. The van der Waals surface area contributed by atoms with Crippen LogP contribution in [0.25, 0.3) is 0 Å². The quantitative estimate of drug-likeness (QED) is 0.637. The molecule has 2 saturated heterocycles. The number of carbonyl (C=O) groups is 1. The van der Waals surface area contributed by atoms with Crippen molar-refractivity contribution < 1.29 is 4.79 Å². The van der Waals surface area contributed by atoms with Crippen molar-refractivity contribution in [3.63, 3.8) is 0 Å². The SMILES string of the molecule is O=C(c1cccc(I)c1)N1CCN(c2ccnc(N3CCCCC3)n2)CC1. The van der Waals surface area contributed by atoms with Crippen LogP contribution in [0.2, 0.25) is 0 Å². The Hall–Kier alpha value is -1.90. The largest absolute Gasteiger partial charge is 0.353 e. The lowest BCUT2D eigenvalue weighted by molar-refractivity contribution is 0.0746. The predicted octanol–water partition coefficient (Wildman–Crippen LogP) is 3.03. The second-order valence-corrected chi connectivity index (χ2v) is 8.30. The Morgan fingerprint density at radius 3 is 2.44 bits per heavy atom. The lowest BCUT2D eigenvalue weighted by atomic mass is 10.1. The van der Waals surface area contributed by atoms with Gasteiger partial charge in [-0.3, -0.25) is 4.79 Å². The predicted molar refractivity (Wildman–Crippen MR) is 115 cm³/mol. The Bertz CT molecular complexity index is 800. The minimum Gasteiger partial charge on any atom is -0.353 e. The summed E-state index contributed by atoms with van der Waals surface area (Å²) >= 11 is 2.24. The van der Waals surface area contributed by atoms with E-state index in [1.165, 1.54) is 19.3 Å². The number of hydrogen-bond donors (Lipinski definition) is 0. The summed E-state index contributed by atoms with van der Waals surface area (Å²) in [6, 6.07) is 9.76. The molecule has 0 radical (unpaired) electrons. The Morgan fingerprint density at radius 1 is 0.926 bits per heavy atom. The van der Waals surface area contributed by atoms with Gasteiger partial charge in [-0.1, -0.05) is 6.07 Å². The summed E-state index contributed by atoms with van der Waals surface area (Å²) in [5.41, 5.74) is 0.768. The first kappa shape index (κ1) is 18.5. The smallest absolute Gasteiger partial charge is 0.254 e. The van der Waals surface area contributed by atoms with E-state index in [1.807, 2.05) is 41.4 Å². The van der Waals surface area contributed by atoms with E-state index in [4.69, 9.17) is 4.98 Å². The molecule has 0 unspecified atom stereocenters. The molecule has 4 rings (SSSR count). The lowest BCUT2D eigenvalue weighted by Crippen LogP contribution is -2.49. The summed E-state index contributed by atoms with van der Waals surface area (Å²) in [6.07, 6.45) is 5.59. The fourth-order valence-electron chi connectivity index (χ4n) is 3.70. The number of piperazine rings is 1. The summed E-state index contributed by atoms with van der Waals surface area (Å²) in [7, 11) is 0. The van der Waals surface area contributed by atoms with Crippen molar-refractivity contribution >= 4 is 40.3 Å². The fraction of sp³-hybridized carbons (Fsp3) is 0.450. The molecule has 0 saturated carbocycles. The molecular weight excluding hydrogens is 453 g/mol. The van der Waals surface area contributed by atoms with Crippen LogP contribution in [0.3, 0.4) is 0 Å². The van der Waals surface area contributed by atoms with Crippen LogP contribution >= 0.6 is 22.6 Å². The van der Waals surface area contributed by atoms with Gasteiger partial charge in [0, 0.05) is 54.6 Å². The van der Waals surface area contributed by atoms with Gasteiger partial charge in [-0.05, 0) is 66.1 Å². The van der Waals surface area contributed by atoms with Gasteiger partial charge < -0.3 is 14.7 Å². The van der Waals surface area contributed by atoms with Crippen molar-refractivity contribution in [2.45, 2.75) is 19.3 Å². The zero-order valence-electron chi connectivity index (χ0n) is 15.4. The Balaban J connectivity index is 1.40. The summed E-state index contributed by atoms with van der Waals surface area (Å²) in [4.78, 5) is 28.5. The molecule has 7 heteroatoms. The van der Waals surface area contributed by atoms with Crippen molar-refractivity contribution in [1.29, 1.82) is 0 Å². The Labute approximate surface area is 173 Å². The standard InChI is InChI=1S/C20H24IN5O/c21-17-6-4-5-16(15-17)19(27)25-13-11-24(12-14-25)18-7-8-22-20(23-18)26-9-2-1-3-10-26/h4-8,15H,1-3,9-14H2. The Kier molecular flexibility index (Phi) is 5.75. The third-order valence-corrected chi connectivity index (χ3v) is 5.90. The van der Waals surface area contributed by atoms with Crippen molar-refractivity contribution in [2.75, 3.05) is 49.1 Å². The topological polar surface area (TPSA) is 52.6 Å². The average Bonchev–Trinajstić information content (AvgIpc) is 2.74. The first-order valence-electron chi connectivity index (χ1n) is 9.58. The maximum atomic E-state index is 12.7. The molecule has 2 aromatic rings. The fourth-order valence-corrected chi connectivity index (χ4v) is 4.25. The highest BCUT2D eigenvalue weighted by molar-refractivity contribution is 14.1. The molecule has 142 valence electrons. The number of benzene rings is 1. The first-order chi connectivity index (χ1) is 13.2. The number of halogens is 1. The van der Waals surface area contributed by atoms with Crippen LogP contribution in [0.15, 0.2) is 36.5 Å². The van der Waals surface area contributed by atoms with Crippen molar-refractivity contribution in [3.8, 4) is 0 Å². The van der Waals surface area contributed by atoms with E-state index in [0.717, 1.165) is 47.1 Å². The minimum atomic E-state index is 0.116. The average molecular weight is 477 g/mol. The van der Waals surface area contributed by atoms with Crippen LogP contribution in [-0.2, 0) is 0 Å². The summed E-state index contributed by atoms with van der Waals surface area (Å²) in [5, 5.41) is 0. The van der Waals surface area contributed by atoms with Gasteiger partial charge in [0.25, 0.3) is 5.91 Å². The van der Waals surface area contributed by atoms with Gasteiger partial charge in [0.1, 0.15) is 5.82 Å². The molecule has 0 aliphatic carbocycles. The molecule has 0 N–H and O–H groups in total. The van der Waals surface area contributed by atoms with E-state index in [-0.39, 0.29) is 5.91 Å². The maximum Gasteiger partial charge on any atom is 0.254 e. The highest BCUT2D eigenvalue weighted by Gasteiger charge is 2.24. The summed E-state index contributed by atoms with van der Waals surface area (Å²) in [5.74, 6) is 1.92. The third-order valence-electron chi connectivity index (χ3n) is 5.23. The first-order valence-corrected chi connectivity index (χ1v) is 10.7. The number of piperidine rings is 1. The molecule has 1 aromatic heterocycles. The number of anilines is 2. The Morgan fingerprint density at radius 2 is 1.70 bits per heavy atom. The van der Waals surface area contributed by atoms with Crippen molar-refractivity contribution in [1.82, 2.24) is 14.9 Å². The van der Waals surface area contributed by atoms with Crippen LogP contribution < -0.4 is 9.80 Å². The van der Waals surface area contributed by atoms with E-state index in [2.05, 4.69) is 37.4 Å². The van der Waals surface area contributed by atoms with Gasteiger partial charge in [0.2, 0.25) is 5.95 Å². The van der Waals surface area contributed by atoms with Crippen LogP contribution in [0.5, 0.6) is 0 Å². The maximum absolute atomic E-state index is 12.7. The minimum absolute atomic E-state index is 0.116. The van der Waals surface area contributed by atoms with Gasteiger partial charge in [-0.15, -0.1) is 0 Å². The molecule has 1 amide bonds. The van der Waals surface area contributed by atoms with Gasteiger partial charge in [-0.2, -0.15) is 4.98 Å². The van der Waals surface area contributed by atoms with Gasteiger partial charge in [0.15, 0.2) is 0 Å². The highest BCUT2D eigenvalue weighted by atomic mass is 127. The third kappa shape index (κ3) is 4.34. The zero-order chi connectivity index (χ0) is 18.6. The van der Waals surface area contributed by atoms with Crippen LogP contribution in [0.4, 0.5) is 11.8 Å². The molecule has 2 aliphatic heterocycles. The zero-order valence-corrected chi connectivity index (χ0v) is 17.5. The van der Waals surface area contributed by atoms with Gasteiger partial charge >= 0.3 is 0 Å². The van der Waals surface area contributed by atoms with Gasteiger partial charge in [-0.25, -0.2) is 4.98 Å². The molecule has 1 aromatic carbocycles. The number of carbonyl (C=O) groups excluding carboxylic acids is 1. The molecule has 6 nitrogen and oxygen atoms in total. The lowest BCUT2D eigenvalue weighted by Gasteiger charge is -2.36. The van der Waals surface area contributed by atoms with E-state index < -0.39 is 0 Å². The number of amides is 1. The molecule has 3 heterocycles. The highest BCUT2D eigenvalue weighted by Crippen LogP contribution is 2.20. The second-order valence-electron chi connectivity index (χ2n) is 7.05. The van der Waals surface area contributed by atoms with Gasteiger partial charge in [0.05, 0.1) is 0 Å². The van der Waals surface area contributed by atoms with Crippen LogP contribution in [0.1, 0.15) is 29.6 Å². The summed E-state index contributed by atoms with van der Waals surface area (Å²) in [6.45, 7) is 5.11. The monoisotopic (exact) mass is 477 g/mol.